The number of anilines is 2. The van der Waals surface area contributed by atoms with Crippen LogP contribution in [0.1, 0.15) is 24.0 Å². The molecule has 2 aliphatic rings. The second-order valence-corrected chi connectivity index (χ2v) is 6.34. The van der Waals surface area contributed by atoms with Gasteiger partial charge in [0.1, 0.15) is 0 Å². The summed E-state index contributed by atoms with van der Waals surface area (Å²) in [4.78, 5) is 2.38. The zero-order chi connectivity index (χ0) is 14.2. The average Bonchev–Trinajstić information content (AvgIpc) is 3.24. The number of nitrogens with zero attached hydrogens (tertiary/aromatic N) is 1. The molecule has 1 heterocycles. The summed E-state index contributed by atoms with van der Waals surface area (Å²) in [5, 5.41) is 4.45. The van der Waals surface area contributed by atoms with E-state index in [-0.39, 0.29) is 0 Å². The lowest BCUT2D eigenvalue weighted by Crippen LogP contribution is -2.20. The Morgan fingerprint density at radius 3 is 2.81 bits per heavy atom. The molecule has 2 nitrogen and oxygen atoms in total. The molecular formula is C18H19ClN2. The number of halogens is 1. The zero-order valence-corrected chi connectivity index (χ0v) is 12.7. The van der Waals surface area contributed by atoms with Gasteiger partial charge in [0, 0.05) is 24.8 Å². The third-order valence-electron chi connectivity index (χ3n) is 4.39. The van der Waals surface area contributed by atoms with E-state index in [9.17, 15) is 0 Å². The number of fused-ring (bicyclic) bond motifs is 1. The lowest BCUT2D eigenvalue weighted by molar-refractivity contribution is 0.687. The van der Waals surface area contributed by atoms with Crippen LogP contribution in [0.5, 0.6) is 0 Å². The normalized spacial score (nSPS) is 17.1. The first-order chi connectivity index (χ1) is 10.3. The molecule has 1 N–H and O–H groups in total. The molecular weight excluding hydrogens is 280 g/mol. The third kappa shape index (κ3) is 2.54. The topological polar surface area (TPSA) is 15.3 Å². The van der Waals surface area contributed by atoms with Gasteiger partial charge in [0.2, 0.25) is 0 Å². The molecule has 108 valence electrons. The second kappa shape index (κ2) is 5.36. The van der Waals surface area contributed by atoms with E-state index in [1.54, 1.807) is 0 Å². The second-order valence-electron chi connectivity index (χ2n) is 5.93. The molecule has 0 radical (unpaired) electrons. The van der Waals surface area contributed by atoms with Crippen LogP contribution >= 0.6 is 11.6 Å². The van der Waals surface area contributed by atoms with Crippen molar-refractivity contribution in [3.63, 3.8) is 0 Å². The molecule has 1 saturated carbocycles. The summed E-state index contributed by atoms with van der Waals surface area (Å²) in [5.41, 5.74) is 5.19. The Hall–Kier alpha value is -1.51. The smallest absolute Gasteiger partial charge is 0.0646 e. The molecule has 0 bridgehead atoms. The number of rotatable bonds is 4. The number of nitrogens with one attached hydrogen (secondary N) is 1. The van der Waals surface area contributed by atoms with Crippen molar-refractivity contribution in [2.24, 2.45) is 0 Å². The van der Waals surface area contributed by atoms with Crippen molar-refractivity contribution in [2.45, 2.75) is 31.8 Å². The Balaban J connectivity index is 1.70. The van der Waals surface area contributed by atoms with E-state index in [1.807, 2.05) is 6.07 Å². The number of benzene rings is 2. The van der Waals surface area contributed by atoms with E-state index in [1.165, 1.54) is 35.3 Å². The fourth-order valence-electron chi connectivity index (χ4n) is 3.12. The van der Waals surface area contributed by atoms with Gasteiger partial charge in [0.25, 0.3) is 0 Å². The fraction of sp³-hybridized carbons (Fsp3) is 0.333. The molecule has 2 aromatic carbocycles. The van der Waals surface area contributed by atoms with Crippen molar-refractivity contribution in [3.05, 3.63) is 58.6 Å². The van der Waals surface area contributed by atoms with E-state index in [0.29, 0.717) is 6.04 Å². The Labute approximate surface area is 130 Å². The fourth-order valence-corrected chi connectivity index (χ4v) is 3.41. The van der Waals surface area contributed by atoms with E-state index in [4.69, 9.17) is 11.6 Å². The first kappa shape index (κ1) is 13.2. The molecule has 1 aliphatic carbocycles. The number of hydrogen-bond donors (Lipinski definition) is 1. The van der Waals surface area contributed by atoms with Gasteiger partial charge >= 0.3 is 0 Å². The molecule has 0 unspecified atom stereocenters. The summed E-state index contributed by atoms with van der Waals surface area (Å²) in [6.45, 7) is 1.92. The summed E-state index contributed by atoms with van der Waals surface area (Å²) in [5.74, 6) is 0. The van der Waals surface area contributed by atoms with E-state index in [0.717, 1.165) is 24.5 Å². The van der Waals surface area contributed by atoms with Gasteiger partial charge in [-0.25, -0.2) is 0 Å². The van der Waals surface area contributed by atoms with Gasteiger partial charge in [0.05, 0.1) is 10.7 Å². The van der Waals surface area contributed by atoms with Crippen molar-refractivity contribution in [2.75, 3.05) is 11.4 Å². The summed E-state index contributed by atoms with van der Waals surface area (Å²) in [7, 11) is 0. The van der Waals surface area contributed by atoms with Crippen LogP contribution in [0.15, 0.2) is 42.5 Å². The van der Waals surface area contributed by atoms with Gasteiger partial charge in [-0.3, -0.25) is 0 Å². The predicted octanol–water partition coefficient (Wildman–Crippen LogP) is 4.29. The maximum Gasteiger partial charge on any atom is 0.0646 e. The van der Waals surface area contributed by atoms with E-state index < -0.39 is 0 Å². The van der Waals surface area contributed by atoms with Crippen LogP contribution < -0.4 is 10.2 Å². The Morgan fingerprint density at radius 2 is 1.95 bits per heavy atom. The van der Waals surface area contributed by atoms with Crippen molar-refractivity contribution in [1.82, 2.24) is 5.32 Å². The molecule has 0 atom stereocenters. The summed E-state index contributed by atoms with van der Waals surface area (Å²) < 4.78 is 0. The first-order valence-corrected chi connectivity index (χ1v) is 8.07. The van der Waals surface area contributed by atoms with Gasteiger partial charge in [-0.05, 0) is 42.5 Å². The quantitative estimate of drug-likeness (QED) is 0.906. The molecule has 0 amide bonds. The highest BCUT2D eigenvalue weighted by molar-refractivity contribution is 6.33. The first-order valence-electron chi connectivity index (χ1n) is 7.69. The lowest BCUT2D eigenvalue weighted by Gasteiger charge is -2.24. The summed E-state index contributed by atoms with van der Waals surface area (Å²) >= 11 is 6.54. The molecule has 0 aromatic heterocycles. The zero-order valence-electron chi connectivity index (χ0n) is 12.0. The monoisotopic (exact) mass is 298 g/mol. The molecule has 1 aliphatic heterocycles. The Morgan fingerprint density at radius 1 is 1.10 bits per heavy atom. The number of hydrogen-bond acceptors (Lipinski definition) is 2. The highest BCUT2D eigenvalue weighted by Crippen LogP contribution is 2.40. The Bertz CT molecular complexity index is 664. The average molecular weight is 299 g/mol. The molecule has 0 spiro atoms. The van der Waals surface area contributed by atoms with Crippen LogP contribution in [0.25, 0.3) is 0 Å². The highest BCUT2D eigenvalue weighted by atomic mass is 35.5. The van der Waals surface area contributed by atoms with Gasteiger partial charge in [-0.1, -0.05) is 41.9 Å². The minimum atomic E-state index is 0.711. The SMILES string of the molecule is Clc1cccc(CNC2CC2)c1N1CCc2ccccc21. The standard InChI is InChI=1S/C18H19ClN2/c19-16-6-3-5-14(12-20-15-8-9-15)18(16)21-11-10-13-4-1-2-7-17(13)21/h1-7,15,20H,8-12H2. The summed E-state index contributed by atoms with van der Waals surface area (Å²) in [6.07, 6.45) is 3.71. The van der Waals surface area contributed by atoms with Crippen molar-refractivity contribution >= 4 is 23.0 Å². The highest BCUT2D eigenvalue weighted by Gasteiger charge is 2.25. The molecule has 2 aromatic rings. The minimum absolute atomic E-state index is 0.711. The third-order valence-corrected chi connectivity index (χ3v) is 4.69. The van der Waals surface area contributed by atoms with Crippen molar-refractivity contribution in [3.8, 4) is 0 Å². The summed E-state index contributed by atoms with van der Waals surface area (Å²) in [6, 6.07) is 15.6. The van der Waals surface area contributed by atoms with Crippen molar-refractivity contribution in [1.29, 1.82) is 0 Å². The lowest BCUT2D eigenvalue weighted by atomic mass is 10.1. The molecule has 1 fully saturated rings. The molecule has 3 heteroatoms. The van der Waals surface area contributed by atoms with Crippen LogP contribution in [0.4, 0.5) is 11.4 Å². The van der Waals surface area contributed by atoms with Crippen LogP contribution in [0.2, 0.25) is 5.02 Å². The van der Waals surface area contributed by atoms with Gasteiger partial charge < -0.3 is 10.2 Å². The predicted molar refractivity (Wildman–Crippen MR) is 88.5 cm³/mol. The molecule has 4 rings (SSSR count). The van der Waals surface area contributed by atoms with Crippen LogP contribution in [0.3, 0.4) is 0 Å². The van der Waals surface area contributed by atoms with Crippen LogP contribution in [0, 0.1) is 0 Å². The molecule has 21 heavy (non-hydrogen) atoms. The largest absolute Gasteiger partial charge is 0.339 e. The van der Waals surface area contributed by atoms with Gasteiger partial charge in [-0.15, -0.1) is 0 Å². The Kier molecular flexibility index (Phi) is 3.36. The van der Waals surface area contributed by atoms with Crippen LogP contribution in [-0.2, 0) is 13.0 Å². The van der Waals surface area contributed by atoms with Crippen LogP contribution in [-0.4, -0.2) is 12.6 Å². The van der Waals surface area contributed by atoms with E-state index in [2.05, 4.69) is 46.6 Å². The minimum Gasteiger partial charge on any atom is -0.339 e. The van der Waals surface area contributed by atoms with Gasteiger partial charge in [-0.2, -0.15) is 0 Å². The maximum absolute atomic E-state index is 6.54. The van der Waals surface area contributed by atoms with E-state index >= 15 is 0 Å². The van der Waals surface area contributed by atoms with Crippen molar-refractivity contribution < 1.29 is 0 Å². The molecule has 0 saturated heterocycles. The number of para-hydroxylation sites is 2. The maximum atomic E-state index is 6.54. The van der Waals surface area contributed by atoms with Gasteiger partial charge in [0.15, 0.2) is 0 Å².